The van der Waals surface area contributed by atoms with E-state index in [9.17, 15) is 0 Å². The lowest BCUT2D eigenvalue weighted by Gasteiger charge is -2.13. The second-order valence-corrected chi connectivity index (χ2v) is 1.71. The molecule has 0 saturated heterocycles. The molecule has 0 aliphatic rings. The summed E-state index contributed by atoms with van der Waals surface area (Å²) in [5.74, 6) is 0. The Morgan fingerprint density at radius 1 is 1.50 bits per heavy atom. The fraction of sp³-hybridized carbons (Fsp3) is 0.556. The predicted octanol–water partition coefficient (Wildman–Crippen LogP) is 3.01. The Hall–Kier alpha value is -0.720. The molecule has 1 nitrogen and oxygen atoms in total. The Kier molecular flexibility index (Phi) is 9.94. The van der Waals surface area contributed by atoms with Crippen LogP contribution in [0.1, 0.15) is 27.2 Å². The second-order valence-electron chi connectivity index (χ2n) is 1.71. The molecule has 0 rings (SSSR count). The van der Waals surface area contributed by atoms with E-state index in [1.165, 1.54) is 0 Å². The predicted molar refractivity (Wildman–Crippen MR) is 48.7 cm³/mol. The first kappa shape index (κ1) is 12.0. The van der Waals surface area contributed by atoms with Crippen molar-refractivity contribution in [2.75, 3.05) is 7.05 Å². The largest absolute Gasteiger partial charge is 0.356 e. The molecule has 0 atom stereocenters. The molecule has 0 spiro atoms. The second kappa shape index (κ2) is 8.28. The summed E-state index contributed by atoms with van der Waals surface area (Å²) >= 11 is 0. The van der Waals surface area contributed by atoms with Crippen molar-refractivity contribution in [3.8, 4) is 0 Å². The highest BCUT2D eigenvalue weighted by Gasteiger charge is 1.89. The smallest absolute Gasteiger partial charge is 0.0108 e. The van der Waals surface area contributed by atoms with E-state index in [1.807, 2.05) is 25.8 Å². The van der Waals surface area contributed by atoms with Crippen LogP contribution < -0.4 is 0 Å². The van der Waals surface area contributed by atoms with E-state index in [1.54, 1.807) is 6.20 Å². The lowest BCUT2D eigenvalue weighted by molar-refractivity contribution is 0.551. The molecule has 0 fully saturated rings. The van der Waals surface area contributed by atoms with Gasteiger partial charge in [0.05, 0.1) is 0 Å². The van der Waals surface area contributed by atoms with E-state index in [0.717, 1.165) is 12.1 Å². The zero-order chi connectivity index (χ0) is 8.57. The van der Waals surface area contributed by atoms with E-state index in [0.29, 0.717) is 0 Å². The van der Waals surface area contributed by atoms with Crippen LogP contribution in [0.2, 0.25) is 0 Å². The standard InChI is InChI=1S/C7H13N.C2H6/c1-5-7(3)8(4)6-2;1-2/h6H,2-3,5H2,1,4H3;1-2H3. The van der Waals surface area contributed by atoms with E-state index in [-0.39, 0.29) is 0 Å². The molecule has 0 unspecified atom stereocenters. The fourth-order valence-corrected chi connectivity index (χ4v) is 0.379. The lowest BCUT2D eigenvalue weighted by atomic mass is 10.3. The number of hydrogen-bond acceptors (Lipinski definition) is 1. The molecule has 0 radical (unpaired) electrons. The molecular weight excluding hydrogens is 122 g/mol. The third-order valence-corrected chi connectivity index (χ3v) is 1.18. The molecule has 10 heavy (non-hydrogen) atoms. The third-order valence-electron chi connectivity index (χ3n) is 1.18. The summed E-state index contributed by atoms with van der Waals surface area (Å²) in [6, 6.07) is 0. The summed E-state index contributed by atoms with van der Waals surface area (Å²) < 4.78 is 0. The van der Waals surface area contributed by atoms with Crippen LogP contribution in [0.3, 0.4) is 0 Å². The zero-order valence-electron chi connectivity index (χ0n) is 7.65. The van der Waals surface area contributed by atoms with Gasteiger partial charge < -0.3 is 4.90 Å². The van der Waals surface area contributed by atoms with Crippen molar-refractivity contribution < 1.29 is 0 Å². The van der Waals surface area contributed by atoms with E-state index in [4.69, 9.17) is 0 Å². The highest BCUT2D eigenvalue weighted by atomic mass is 15.1. The lowest BCUT2D eigenvalue weighted by Crippen LogP contribution is -2.06. The van der Waals surface area contributed by atoms with Crippen molar-refractivity contribution in [1.29, 1.82) is 0 Å². The Morgan fingerprint density at radius 2 is 1.90 bits per heavy atom. The molecule has 0 aliphatic heterocycles. The van der Waals surface area contributed by atoms with Crippen LogP contribution in [0.25, 0.3) is 0 Å². The molecule has 0 aromatic carbocycles. The van der Waals surface area contributed by atoms with E-state index >= 15 is 0 Å². The highest BCUT2D eigenvalue weighted by Crippen LogP contribution is 2.00. The molecule has 0 amide bonds. The van der Waals surface area contributed by atoms with Crippen molar-refractivity contribution in [3.63, 3.8) is 0 Å². The first-order valence-electron chi connectivity index (χ1n) is 3.75. The summed E-state index contributed by atoms with van der Waals surface area (Å²) in [7, 11) is 1.94. The summed E-state index contributed by atoms with van der Waals surface area (Å²) in [5.41, 5.74) is 1.10. The van der Waals surface area contributed by atoms with Gasteiger partial charge in [-0.1, -0.05) is 33.9 Å². The van der Waals surface area contributed by atoms with Gasteiger partial charge in [-0.15, -0.1) is 0 Å². The van der Waals surface area contributed by atoms with Gasteiger partial charge in [-0.3, -0.25) is 0 Å². The molecule has 0 saturated carbocycles. The van der Waals surface area contributed by atoms with Crippen LogP contribution in [-0.4, -0.2) is 11.9 Å². The van der Waals surface area contributed by atoms with E-state index < -0.39 is 0 Å². The minimum atomic E-state index is 0.989. The van der Waals surface area contributed by atoms with Crippen LogP contribution in [0.5, 0.6) is 0 Å². The molecule has 0 aliphatic carbocycles. The van der Waals surface area contributed by atoms with E-state index in [2.05, 4.69) is 20.1 Å². The van der Waals surface area contributed by atoms with Gasteiger partial charge in [-0.2, -0.15) is 0 Å². The molecule has 1 heteroatoms. The van der Waals surface area contributed by atoms with Crippen LogP contribution in [-0.2, 0) is 0 Å². The molecule has 0 N–H and O–H groups in total. The van der Waals surface area contributed by atoms with Crippen molar-refractivity contribution >= 4 is 0 Å². The monoisotopic (exact) mass is 141 g/mol. The summed E-state index contributed by atoms with van der Waals surface area (Å²) in [6.45, 7) is 13.5. The zero-order valence-corrected chi connectivity index (χ0v) is 7.65. The van der Waals surface area contributed by atoms with Gasteiger partial charge in [-0.25, -0.2) is 0 Å². The highest BCUT2D eigenvalue weighted by molar-refractivity contribution is 4.94. The van der Waals surface area contributed by atoms with Gasteiger partial charge in [0.2, 0.25) is 0 Å². The molecule has 0 aromatic heterocycles. The normalized spacial score (nSPS) is 7.20. The maximum Gasteiger partial charge on any atom is 0.0108 e. The van der Waals surface area contributed by atoms with Crippen molar-refractivity contribution in [2.24, 2.45) is 0 Å². The van der Waals surface area contributed by atoms with Crippen LogP contribution >= 0.6 is 0 Å². The summed E-state index contributed by atoms with van der Waals surface area (Å²) in [4.78, 5) is 1.92. The van der Waals surface area contributed by atoms with Gasteiger partial charge >= 0.3 is 0 Å². The Bertz CT molecular complexity index is 94.9. The van der Waals surface area contributed by atoms with Gasteiger partial charge in [0, 0.05) is 12.7 Å². The Morgan fingerprint density at radius 3 is 2.00 bits per heavy atom. The number of nitrogens with zero attached hydrogens (tertiary/aromatic N) is 1. The minimum Gasteiger partial charge on any atom is -0.356 e. The Balaban J connectivity index is 0. The van der Waals surface area contributed by atoms with Crippen molar-refractivity contribution in [2.45, 2.75) is 27.2 Å². The topological polar surface area (TPSA) is 3.24 Å². The Labute approximate surface area is 65.0 Å². The molecule has 60 valence electrons. The van der Waals surface area contributed by atoms with Crippen molar-refractivity contribution in [1.82, 2.24) is 4.90 Å². The summed E-state index contributed by atoms with van der Waals surface area (Å²) in [6.07, 6.45) is 2.74. The number of hydrogen-bond donors (Lipinski definition) is 0. The number of allylic oxidation sites excluding steroid dienone is 1. The maximum atomic E-state index is 3.80. The maximum absolute atomic E-state index is 3.80. The number of rotatable bonds is 3. The quantitative estimate of drug-likeness (QED) is 0.584. The molecule has 0 bridgehead atoms. The van der Waals surface area contributed by atoms with Crippen molar-refractivity contribution in [3.05, 3.63) is 25.1 Å². The summed E-state index contributed by atoms with van der Waals surface area (Å²) in [5, 5.41) is 0. The van der Waals surface area contributed by atoms with Crippen LogP contribution in [0.15, 0.2) is 25.1 Å². The SMILES string of the molecule is C=CN(C)C(=C)CC.CC. The molecule has 0 aromatic rings. The van der Waals surface area contributed by atoms with Crippen LogP contribution in [0.4, 0.5) is 0 Å². The van der Waals surface area contributed by atoms with Crippen LogP contribution in [0, 0.1) is 0 Å². The average Bonchev–Trinajstić information content (AvgIpc) is 2.05. The first-order valence-corrected chi connectivity index (χ1v) is 3.75. The molecule has 0 heterocycles. The van der Waals surface area contributed by atoms with Gasteiger partial charge in [-0.05, 0) is 12.6 Å². The van der Waals surface area contributed by atoms with Gasteiger partial charge in [0.25, 0.3) is 0 Å². The van der Waals surface area contributed by atoms with Gasteiger partial charge in [0.1, 0.15) is 0 Å². The fourth-order valence-electron chi connectivity index (χ4n) is 0.379. The average molecular weight is 141 g/mol. The minimum absolute atomic E-state index is 0.989. The van der Waals surface area contributed by atoms with Gasteiger partial charge in [0.15, 0.2) is 0 Å². The third kappa shape index (κ3) is 5.42. The first-order chi connectivity index (χ1) is 4.72. The molecular formula is C9H19N.